The number of rotatable bonds is 6. The fourth-order valence-corrected chi connectivity index (χ4v) is 2.87. The number of hydrogen-bond acceptors (Lipinski definition) is 7. The Labute approximate surface area is 153 Å². The second kappa shape index (κ2) is 7.25. The third kappa shape index (κ3) is 3.44. The number of aliphatic hydroxyl groups is 1. The summed E-state index contributed by atoms with van der Waals surface area (Å²) in [5, 5.41) is 32.0. The van der Waals surface area contributed by atoms with Crippen LogP contribution in [0.15, 0.2) is 34.1 Å². The number of aromatic hydroxyl groups is 2. The number of benzene rings is 1. The molecule has 0 aliphatic heterocycles. The van der Waals surface area contributed by atoms with E-state index in [1.165, 1.54) is 36.1 Å². The van der Waals surface area contributed by atoms with Crippen molar-refractivity contribution in [1.82, 2.24) is 24.0 Å². The number of phenols is 2. The average Bonchev–Trinajstić information content (AvgIpc) is 3.08. The summed E-state index contributed by atoms with van der Waals surface area (Å²) in [4.78, 5) is 28.4. The fraction of sp³-hybridized carbons (Fsp3) is 0.353. The average molecular weight is 375 g/mol. The molecule has 2 aromatic heterocycles. The molecule has 0 aliphatic rings. The SMILES string of the molecule is Cn1c(=O)c2c(ncn2CCNC[C@H](O)c2ccc(O)c(O)c2)n(C)c1=O. The van der Waals surface area contributed by atoms with Crippen molar-refractivity contribution in [3.8, 4) is 11.5 Å². The number of fused-ring (bicyclic) bond motifs is 1. The van der Waals surface area contributed by atoms with Gasteiger partial charge >= 0.3 is 5.69 Å². The van der Waals surface area contributed by atoms with E-state index in [0.29, 0.717) is 29.8 Å². The number of nitrogens with zero attached hydrogens (tertiary/aromatic N) is 4. The highest BCUT2D eigenvalue weighted by Gasteiger charge is 2.14. The van der Waals surface area contributed by atoms with Crippen molar-refractivity contribution in [2.75, 3.05) is 13.1 Å². The molecule has 144 valence electrons. The van der Waals surface area contributed by atoms with Crippen molar-refractivity contribution in [1.29, 1.82) is 0 Å². The minimum absolute atomic E-state index is 0.216. The van der Waals surface area contributed by atoms with E-state index >= 15 is 0 Å². The standard InChI is InChI=1S/C17H21N5O5/c1-20-15-14(16(26)21(2)17(20)27)22(9-19-15)6-5-18-8-13(25)10-3-4-11(23)12(24)7-10/h3-4,7,9,13,18,23-25H,5-6,8H2,1-2H3/t13-/m0/s1. The molecule has 1 atom stereocenters. The highest BCUT2D eigenvalue weighted by Crippen LogP contribution is 2.27. The van der Waals surface area contributed by atoms with E-state index in [2.05, 4.69) is 10.3 Å². The number of aromatic nitrogens is 4. The fourth-order valence-electron chi connectivity index (χ4n) is 2.87. The molecular formula is C17H21N5O5. The lowest BCUT2D eigenvalue weighted by Gasteiger charge is -2.13. The van der Waals surface area contributed by atoms with Gasteiger partial charge < -0.3 is 25.2 Å². The summed E-state index contributed by atoms with van der Waals surface area (Å²) >= 11 is 0. The first-order chi connectivity index (χ1) is 12.8. The number of aryl methyl sites for hydroxylation is 1. The predicted octanol–water partition coefficient (Wildman–Crippen LogP) is -0.832. The van der Waals surface area contributed by atoms with Crippen LogP contribution in [-0.4, -0.2) is 47.1 Å². The Morgan fingerprint density at radius 3 is 2.59 bits per heavy atom. The zero-order valence-electron chi connectivity index (χ0n) is 15.0. The van der Waals surface area contributed by atoms with Gasteiger partial charge in [0.25, 0.3) is 5.56 Å². The number of phenolic OH excluding ortho intramolecular Hbond substituents is 2. The van der Waals surface area contributed by atoms with Crippen LogP contribution in [0.3, 0.4) is 0 Å². The molecule has 0 bridgehead atoms. The molecule has 3 rings (SSSR count). The number of imidazole rings is 1. The van der Waals surface area contributed by atoms with Gasteiger partial charge in [0.1, 0.15) is 0 Å². The summed E-state index contributed by atoms with van der Waals surface area (Å²) in [6.07, 6.45) is 0.631. The number of aliphatic hydroxyl groups excluding tert-OH is 1. The van der Waals surface area contributed by atoms with Gasteiger partial charge in [-0.3, -0.25) is 13.9 Å². The molecule has 10 heteroatoms. The van der Waals surface area contributed by atoms with E-state index in [-0.39, 0.29) is 18.0 Å². The molecule has 0 amide bonds. The van der Waals surface area contributed by atoms with Crippen molar-refractivity contribution >= 4 is 11.2 Å². The molecule has 0 spiro atoms. The van der Waals surface area contributed by atoms with Crippen molar-refractivity contribution in [3.63, 3.8) is 0 Å². The molecule has 0 unspecified atom stereocenters. The van der Waals surface area contributed by atoms with Crippen LogP contribution in [-0.2, 0) is 20.6 Å². The van der Waals surface area contributed by atoms with Gasteiger partial charge in [0.05, 0.1) is 12.4 Å². The molecule has 10 nitrogen and oxygen atoms in total. The van der Waals surface area contributed by atoms with Gasteiger partial charge in [0.2, 0.25) is 0 Å². The molecule has 2 heterocycles. The zero-order chi connectivity index (χ0) is 19.7. The van der Waals surface area contributed by atoms with E-state index in [9.17, 15) is 24.9 Å². The van der Waals surface area contributed by atoms with Crippen LogP contribution in [0.2, 0.25) is 0 Å². The van der Waals surface area contributed by atoms with Crippen LogP contribution in [0.4, 0.5) is 0 Å². The van der Waals surface area contributed by atoms with Gasteiger partial charge in [-0.25, -0.2) is 9.78 Å². The molecule has 0 radical (unpaired) electrons. The number of nitrogens with one attached hydrogen (secondary N) is 1. The van der Waals surface area contributed by atoms with Gasteiger partial charge in [-0.15, -0.1) is 0 Å². The molecule has 1 aromatic carbocycles. The maximum absolute atomic E-state index is 12.4. The Kier molecular flexibility index (Phi) is 5.02. The normalized spacial score (nSPS) is 12.6. The summed E-state index contributed by atoms with van der Waals surface area (Å²) < 4.78 is 4.01. The van der Waals surface area contributed by atoms with Crippen LogP contribution in [0.5, 0.6) is 11.5 Å². The largest absolute Gasteiger partial charge is 0.504 e. The molecule has 0 saturated carbocycles. The number of hydrogen-bond donors (Lipinski definition) is 4. The summed E-state index contributed by atoms with van der Waals surface area (Å²) in [6.45, 7) is 1.07. The van der Waals surface area contributed by atoms with Crippen molar-refractivity contribution in [3.05, 3.63) is 50.9 Å². The highest BCUT2D eigenvalue weighted by atomic mass is 16.3. The lowest BCUT2D eigenvalue weighted by molar-refractivity contribution is 0.174. The maximum Gasteiger partial charge on any atom is 0.332 e. The molecule has 0 aliphatic carbocycles. The second-order valence-electron chi connectivity index (χ2n) is 6.28. The van der Waals surface area contributed by atoms with E-state index in [4.69, 9.17) is 0 Å². The molecule has 27 heavy (non-hydrogen) atoms. The third-order valence-corrected chi connectivity index (χ3v) is 4.47. The van der Waals surface area contributed by atoms with E-state index in [1.807, 2.05) is 0 Å². The van der Waals surface area contributed by atoms with E-state index in [0.717, 1.165) is 4.57 Å². The van der Waals surface area contributed by atoms with Gasteiger partial charge in [0.15, 0.2) is 22.7 Å². The minimum atomic E-state index is -0.871. The van der Waals surface area contributed by atoms with E-state index in [1.54, 1.807) is 11.6 Å². The molecule has 0 fully saturated rings. The van der Waals surface area contributed by atoms with Gasteiger partial charge in [-0.2, -0.15) is 0 Å². The van der Waals surface area contributed by atoms with Gasteiger partial charge in [-0.05, 0) is 17.7 Å². The molecule has 3 aromatic rings. The Balaban J connectivity index is 1.67. The van der Waals surface area contributed by atoms with Gasteiger partial charge in [-0.1, -0.05) is 6.07 Å². The van der Waals surface area contributed by atoms with Crippen molar-refractivity contribution in [2.24, 2.45) is 14.1 Å². The Morgan fingerprint density at radius 2 is 1.89 bits per heavy atom. The van der Waals surface area contributed by atoms with Crippen molar-refractivity contribution in [2.45, 2.75) is 12.6 Å². The quantitative estimate of drug-likeness (QED) is 0.326. The summed E-state index contributed by atoms with van der Waals surface area (Å²) in [5.41, 5.74) is 0.282. The lowest BCUT2D eigenvalue weighted by atomic mass is 10.1. The maximum atomic E-state index is 12.4. The first-order valence-electron chi connectivity index (χ1n) is 8.32. The van der Waals surface area contributed by atoms with E-state index < -0.39 is 17.4 Å². The Hall–Kier alpha value is -3.11. The molecule has 4 N–H and O–H groups in total. The zero-order valence-corrected chi connectivity index (χ0v) is 15.0. The first-order valence-corrected chi connectivity index (χ1v) is 8.32. The van der Waals surface area contributed by atoms with Crippen molar-refractivity contribution < 1.29 is 15.3 Å². The minimum Gasteiger partial charge on any atom is -0.504 e. The summed E-state index contributed by atoms with van der Waals surface area (Å²) in [6, 6.07) is 4.13. The molecular weight excluding hydrogens is 354 g/mol. The third-order valence-electron chi connectivity index (χ3n) is 4.47. The van der Waals surface area contributed by atoms with Crippen LogP contribution in [0.25, 0.3) is 11.2 Å². The molecule has 0 saturated heterocycles. The van der Waals surface area contributed by atoms with Crippen LogP contribution in [0.1, 0.15) is 11.7 Å². The summed E-state index contributed by atoms with van der Waals surface area (Å²) in [5.74, 6) is -0.542. The topological polar surface area (TPSA) is 135 Å². The predicted molar refractivity (Wildman–Crippen MR) is 97.8 cm³/mol. The Morgan fingerprint density at radius 1 is 1.15 bits per heavy atom. The second-order valence-corrected chi connectivity index (χ2v) is 6.28. The lowest BCUT2D eigenvalue weighted by Crippen LogP contribution is -2.37. The monoisotopic (exact) mass is 375 g/mol. The van der Waals surface area contributed by atoms with Gasteiger partial charge in [0, 0.05) is 33.7 Å². The smallest absolute Gasteiger partial charge is 0.332 e. The van der Waals surface area contributed by atoms with Crippen LogP contribution >= 0.6 is 0 Å². The highest BCUT2D eigenvalue weighted by molar-refractivity contribution is 5.69. The van der Waals surface area contributed by atoms with Crippen LogP contribution in [0, 0.1) is 0 Å². The first kappa shape index (κ1) is 18.7. The summed E-state index contributed by atoms with van der Waals surface area (Å²) in [7, 11) is 2.98. The van der Waals surface area contributed by atoms with Crippen LogP contribution < -0.4 is 16.6 Å². The Bertz CT molecular complexity index is 1100.